The Bertz CT molecular complexity index is 2740. The zero-order valence-corrected chi connectivity index (χ0v) is 30.3. The summed E-state index contributed by atoms with van der Waals surface area (Å²) in [4.78, 5) is 14.2. The highest BCUT2D eigenvalue weighted by Crippen LogP contribution is 2.33. The van der Waals surface area contributed by atoms with Crippen molar-refractivity contribution in [1.82, 2.24) is 15.0 Å². The second-order valence-electron chi connectivity index (χ2n) is 13.8. The summed E-state index contributed by atoms with van der Waals surface area (Å²) in [6, 6.07) is 50.0. The summed E-state index contributed by atoms with van der Waals surface area (Å²) in [6.07, 6.45) is 0. The minimum absolute atomic E-state index is 0.00823. The molecule has 0 aliphatic carbocycles. The summed E-state index contributed by atoms with van der Waals surface area (Å²) in [5.74, 6) is 0.667. The van der Waals surface area contributed by atoms with Gasteiger partial charge in [0, 0.05) is 16.7 Å². The molecule has 8 rings (SSSR count). The van der Waals surface area contributed by atoms with Gasteiger partial charge >= 0.3 is 0 Å². The normalized spacial score (nSPS) is 12.7. The van der Waals surface area contributed by atoms with Crippen molar-refractivity contribution in [2.45, 2.75) is 19.6 Å². The van der Waals surface area contributed by atoms with Crippen LogP contribution in [0.3, 0.4) is 0 Å². The van der Waals surface area contributed by atoms with Crippen LogP contribution in [-0.4, -0.2) is 23.0 Å². The van der Waals surface area contributed by atoms with Crippen LogP contribution in [-0.2, 0) is 0 Å². The van der Waals surface area contributed by atoms with Gasteiger partial charge in [0.15, 0.2) is 17.5 Å². The Labute approximate surface area is 314 Å². The third kappa shape index (κ3) is 7.16. The fourth-order valence-corrected chi connectivity index (χ4v) is 7.47. The van der Waals surface area contributed by atoms with Crippen LogP contribution in [0.5, 0.6) is 0 Å². The van der Waals surface area contributed by atoms with Gasteiger partial charge in [0.05, 0.1) is 14.9 Å². The van der Waals surface area contributed by atoms with E-state index in [2.05, 4.69) is 122 Å². The fraction of sp³-hybridized carbons (Fsp3) is 0.0625. The summed E-state index contributed by atoms with van der Waals surface area (Å²) < 4.78 is 41.8. The molecule has 3 nitrogen and oxygen atoms in total. The standard InChI is InChI=1S/C48H39N3Si/c1-52(2,3)45-29-27-35(28-30-45)34-23-25-36(26-24-34)39-17-10-18-40(31-39)41-19-11-20-42(32-41)43-21-12-22-44(33-43)48-50-46(37-13-6-4-7-14-37)49-47(51-48)38-15-8-5-9-16-38/h4-33H,1-3H3/i4D,6D,7D,13D,14D. The van der Waals surface area contributed by atoms with Crippen LogP contribution >= 0.6 is 0 Å². The van der Waals surface area contributed by atoms with Crippen molar-refractivity contribution < 1.29 is 6.85 Å². The molecule has 0 fully saturated rings. The van der Waals surface area contributed by atoms with Crippen molar-refractivity contribution in [3.8, 4) is 78.7 Å². The number of benzene rings is 7. The first kappa shape index (κ1) is 27.5. The SMILES string of the molecule is [2H]c1c([2H])c([2H])c(-c2nc(-c3ccccc3)nc(-c3cccc(-c4cccc(-c5cccc(-c6ccc(-c7ccc([Si](C)(C)C)cc7)cc6)c5)c4)c3)n2)c([2H])c1[2H]. The zero-order chi connectivity index (χ0) is 39.8. The van der Waals surface area contributed by atoms with Crippen molar-refractivity contribution in [2.24, 2.45) is 0 Å². The second kappa shape index (κ2) is 14.2. The molecule has 0 aliphatic heterocycles. The molecule has 52 heavy (non-hydrogen) atoms. The summed E-state index contributed by atoms with van der Waals surface area (Å²) in [5.41, 5.74) is 10.2. The molecule has 0 unspecified atom stereocenters. The van der Waals surface area contributed by atoms with Crippen LogP contribution in [0, 0.1) is 0 Å². The molecule has 0 amide bonds. The van der Waals surface area contributed by atoms with Crippen LogP contribution in [0.4, 0.5) is 0 Å². The molecule has 7 aromatic carbocycles. The van der Waals surface area contributed by atoms with Crippen LogP contribution in [0.25, 0.3) is 78.7 Å². The predicted molar refractivity (Wildman–Crippen MR) is 221 cm³/mol. The quantitative estimate of drug-likeness (QED) is 0.149. The van der Waals surface area contributed by atoms with Gasteiger partial charge < -0.3 is 0 Å². The largest absolute Gasteiger partial charge is 0.208 e. The number of aromatic nitrogens is 3. The van der Waals surface area contributed by atoms with Crippen LogP contribution in [0.1, 0.15) is 6.85 Å². The highest BCUT2D eigenvalue weighted by molar-refractivity contribution is 6.88. The molecule has 0 atom stereocenters. The molecule has 0 saturated heterocycles. The predicted octanol–water partition coefficient (Wildman–Crippen LogP) is 12.1. The van der Waals surface area contributed by atoms with E-state index in [0.29, 0.717) is 22.8 Å². The summed E-state index contributed by atoms with van der Waals surface area (Å²) >= 11 is 0. The molecule has 1 aromatic heterocycles. The number of hydrogen-bond donors (Lipinski definition) is 0. The van der Waals surface area contributed by atoms with E-state index in [1.54, 1.807) is 0 Å². The maximum absolute atomic E-state index is 8.61. The minimum Gasteiger partial charge on any atom is -0.208 e. The van der Waals surface area contributed by atoms with Crippen molar-refractivity contribution >= 4 is 13.3 Å². The van der Waals surface area contributed by atoms with Crippen molar-refractivity contribution in [2.75, 3.05) is 0 Å². The monoisotopic (exact) mass is 690 g/mol. The van der Waals surface area contributed by atoms with Gasteiger partial charge in [-0.05, 0) is 62.7 Å². The first-order valence-electron chi connectivity index (χ1n) is 19.9. The first-order chi connectivity index (χ1) is 27.4. The van der Waals surface area contributed by atoms with E-state index >= 15 is 0 Å². The highest BCUT2D eigenvalue weighted by Gasteiger charge is 2.16. The first-order valence-corrected chi connectivity index (χ1v) is 20.9. The maximum atomic E-state index is 8.61. The lowest BCUT2D eigenvalue weighted by Crippen LogP contribution is -2.37. The molecule has 0 spiro atoms. The van der Waals surface area contributed by atoms with Gasteiger partial charge in [-0.3, -0.25) is 0 Å². The van der Waals surface area contributed by atoms with E-state index in [9.17, 15) is 0 Å². The van der Waals surface area contributed by atoms with Gasteiger partial charge in [0.2, 0.25) is 0 Å². The Balaban J connectivity index is 1.12. The molecule has 0 N–H and O–H groups in total. The number of rotatable bonds is 8. The lowest BCUT2D eigenvalue weighted by Gasteiger charge is -2.16. The van der Waals surface area contributed by atoms with Gasteiger partial charge in [0.1, 0.15) is 0 Å². The van der Waals surface area contributed by atoms with E-state index in [-0.39, 0.29) is 23.5 Å². The van der Waals surface area contributed by atoms with E-state index < -0.39 is 26.2 Å². The van der Waals surface area contributed by atoms with Gasteiger partial charge in [-0.2, -0.15) is 0 Å². The lowest BCUT2D eigenvalue weighted by molar-refractivity contribution is 1.07. The minimum atomic E-state index is -1.35. The van der Waals surface area contributed by atoms with Crippen molar-refractivity contribution in [3.05, 3.63) is 182 Å². The third-order valence-electron chi connectivity index (χ3n) is 9.21. The van der Waals surface area contributed by atoms with Crippen LogP contribution in [0.2, 0.25) is 19.6 Å². The molecule has 1 heterocycles. The number of nitrogens with zero attached hydrogens (tertiary/aromatic N) is 3. The Kier molecular flexibility index (Phi) is 7.49. The van der Waals surface area contributed by atoms with Crippen molar-refractivity contribution in [1.29, 1.82) is 0 Å². The molecular formula is C48H39N3Si. The summed E-state index contributed by atoms with van der Waals surface area (Å²) in [5, 5.41) is 1.46. The van der Waals surface area contributed by atoms with Gasteiger partial charge in [0.25, 0.3) is 0 Å². The summed E-state index contributed by atoms with van der Waals surface area (Å²) in [7, 11) is -1.35. The highest BCUT2D eigenvalue weighted by atomic mass is 28.3. The molecule has 4 heteroatoms. The molecule has 250 valence electrons. The Morgan fingerprint density at radius 3 is 1.21 bits per heavy atom. The van der Waals surface area contributed by atoms with Gasteiger partial charge in [-0.25, -0.2) is 15.0 Å². The maximum Gasteiger partial charge on any atom is 0.164 e. The molecule has 0 radical (unpaired) electrons. The van der Waals surface area contributed by atoms with Crippen molar-refractivity contribution in [3.63, 3.8) is 0 Å². The summed E-state index contributed by atoms with van der Waals surface area (Å²) in [6.45, 7) is 7.11. The molecule has 0 saturated carbocycles. The van der Waals surface area contributed by atoms with Gasteiger partial charge in [-0.1, -0.05) is 188 Å². The topological polar surface area (TPSA) is 38.7 Å². The van der Waals surface area contributed by atoms with Crippen LogP contribution < -0.4 is 5.19 Å². The second-order valence-corrected chi connectivity index (χ2v) is 18.9. The number of hydrogen-bond acceptors (Lipinski definition) is 3. The Morgan fingerprint density at radius 2 is 0.712 bits per heavy atom. The molecule has 0 bridgehead atoms. The fourth-order valence-electron chi connectivity index (χ4n) is 6.31. The lowest BCUT2D eigenvalue weighted by atomic mass is 9.95. The smallest absolute Gasteiger partial charge is 0.164 e. The van der Waals surface area contributed by atoms with E-state index in [0.717, 1.165) is 33.4 Å². The van der Waals surface area contributed by atoms with E-state index in [4.69, 9.17) is 16.8 Å². The third-order valence-corrected chi connectivity index (χ3v) is 11.3. The zero-order valence-electron chi connectivity index (χ0n) is 34.3. The Morgan fingerprint density at radius 1 is 0.346 bits per heavy atom. The average molecular weight is 691 g/mol. The van der Waals surface area contributed by atoms with E-state index in [1.807, 2.05) is 54.6 Å². The van der Waals surface area contributed by atoms with E-state index in [1.165, 1.54) is 16.3 Å². The average Bonchev–Trinajstić information content (AvgIpc) is 3.25. The Hall–Kier alpha value is -6.23. The van der Waals surface area contributed by atoms with Crippen LogP contribution in [0.15, 0.2) is 182 Å². The van der Waals surface area contributed by atoms with Gasteiger partial charge in [-0.15, -0.1) is 0 Å². The molecule has 8 aromatic rings. The molecular weight excluding hydrogens is 647 g/mol. The molecule has 0 aliphatic rings.